The third-order valence-electron chi connectivity index (χ3n) is 2.09. The van der Waals surface area contributed by atoms with Crippen molar-refractivity contribution in [3.05, 3.63) is 33.6 Å². The molecule has 84 valence electrons. The van der Waals surface area contributed by atoms with Crippen molar-refractivity contribution in [2.75, 3.05) is 5.32 Å². The van der Waals surface area contributed by atoms with Crippen molar-refractivity contribution in [3.8, 4) is 0 Å². The van der Waals surface area contributed by atoms with Gasteiger partial charge in [-0.05, 0) is 32.0 Å². The Bertz CT molecular complexity index is 577. The van der Waals surface area contributed by atoms with E-state index >= 15 is 0 Å². The van der Waals surface area contributed by atoms with Gasteiger partial charge in [0.05, 0.1) is 10.9 Å². The van der Waals surface area contributed by atoms with Crippen molar-refractivity contribution in [1.82, 2.24) is 9.97 Å². The molecule has 1 aromatic heterocycles. The van der Waals surface area contributed by atoms with Crippen LogP contribution in [0.15, 0.2) is 23.0 Å². The number of aromatic amines is 1. The van der Waals surface area contributed by atoms with Crippen molar-refractivity contribution in [2.24, 2.45) is 0 Å². The molecule has 1 heterocycles. The van der Waals surface area contributed by atoms with Gasteiger partial charge in [-0.25, -0.2) is 4.98 Å². The van der Waals surface area contributed by atoms with Crippen LogP contribution in [0.2, 0.25) is 5.02 Å². The zero-order valence-corrected chi connectivity index (χ0v) is 9.80. The zero-order valence-electron chi connectivity index (χ0n) is 9.04. The Kier molecular flexibility index (Phi) is 2.83. The Morgan fingerprint density at radius 2 is 2.19 bits per heavy atom. The molecule has 0 atom stereocenters. The lowest BCUT2D eigenvalue weighted by molar-refractivity contribution is 0.875. The molecule has 0 amide bonds. The molecule has 0 aliphatic rings. The molecule has 0 radical (unpaired) electrons. The van der Waals surface area contributed by atoms with Gasteiger partial charge in [0.15, 0.2) is 0 Å². The molecule has 0 fully saturated rings. The fraction of sp³-hybridized carbons (Fsp3) is 0.273. The highest BCUT2D eigenvalue weighted by Gasteiger charge is 2.04. The van der Waals surface area contributed by atoms with Crippen LogP contribution >= 0.6 is 11.6 Å². The zero-order chi connectivity index (χ0) is 11.7. The van der Waals surface area contributed by atoms with Crippen LogP contribution in [0.3, 0.4) is 0 Å². The lowest BCUT2D eigenvalue weighted by Crippen LogP contribution is -2.17. The standard InChI is InChI=1S/C11H12ClN3O/c1-6(2)13-11-14-9-5-7(12)3-4-8(9)10(16)15-11/h3-6H,1-2H3,(H2,13,14,15,16). The summed E-state index contributed by atoms with van der Waals surface area (Å²) in [6.07, 6.45) is 0. The van der Waals surface area contributed by atoms with Crippen LogP contribution in [0.1, 0.15) is 13.8 Å². The fourth-order valence-corrected chi connectivity index (χ4v) is 1.62. The third kappa shape index (κ3) is 2.17. The summed E-state index contributed by atoms with van der Waals surface area (Å²) in [4.78, 5) is 18.7. The summed E-state index contributed by atoms with van der Waals surface area (Å²) in [6, 6.07) is 5.23. The molecule has 0 spiro atoms. The average Bonchev–Trinajstić information content (AvgIpc) is 2.15. The fourth-order valence-electron chi connectivity index (χ4n) is 1.45. The van der Waals surface area contributed by atoms with Crippen LogP contribution in [0.5, 0.6) is 0 Å². The SMILES string of the molecule is CC(C)Nc1nc2cc(Cl)ccc2c(=O)[nH]1. The van der Waals surface area contributed by atoms with Gasteiger partial charge in [-0.1, -0.05) is 11.6 Å². The summed E-state index contributed by atoms with van der Waals surface area (Å²) in [7, 11) is 0. The van der Waals surface area contributed by atoms with Gasteiger partial charge in [0.25, 0.3) is 5.56 Å². The Morgan fingerprint density at radius 1 is 1.44 bits per heavy atom. The first kappa shape index (κ1) is 11.0. The number of nitrogens with zero attached hydrogens (tertiary/aromatic N) is 1. The quantitative estimate of drug-likeness (QED) is 0.843. The Hall–Kier alpha value is -1.55. The second-order valence-corrected chi connectivity index (χ2v) is 4.31. The molecule has 0 saturated carbocycles. The Labute approximate surface area is 97.7 Å². The van der Waals surface area contributed by atoms with Crippen molar-refractivity contribution in [1.29, 1.82) is 0 Å². The molecule has 1 aromatic carbocycles. The van der Waals surface area contributed by atoms with E-state index in [0.717, 1.165) is 0 Å². The number of anilines is 1. The first-order valence-corrected chi connectivity index (χ1v) is 5.40. The highest BCUT2D eigenvalue weighted by Crippen LogP contribution is 2.15. The molecular formula is C11H12ClN3O. The van der Waals surface area contributed by atoms with Crippen LogP contribution in [-0.2, 0) is 0 Å². The van der Waals surface area contributed by atoms with Crippen molar-refractivity contribution >= 4 is 28.5 Å². The second kappa shape index (κ2) is 4.14. The van der Waals surface area contributed by atoms with E-state index in [0.29, 0.717) is 21.9 Å². The molecular weight excluding hydrogens is 226 g/mol. The minimum Gasteiger partial charge on any atom is -0.354 e. The van der Waals surface area contributed by atoms with E-state index in [1.54, 1.807) is 18.2 Å². The van der Waals surface area contributed by atoms with Gasteiger partial charge < -0.3 is 5.32 Å². The summed E-state index contributed by atoms with van der Waals surface area (Å²) >= 11 is 5.86. The number of rotatable bonds is 2. The predicted molar refractivity (Wildman–Crippen MR) is 66.1 cm³/mol. The number of hydrogen-bond donors (Lipinski definition) is 2. The van der Waals surface area contributed by atoms with Gasteiger partial charge in [-0.3, -0.25) is 9.78 Å². The lowest BCUT2D eigenvalue weighted by Gasteiger charge is -2.08. The van der Waals surface area contributed by atoms with E-state index in [1.807, 2.05) is 13.8 Å². The second-order valence-electron chi connectivity index (χ2n) is 3.88. The molecule has 0 unspecified atom stereocenters. The number of nitrogens with one attached hydrogen (secondary N) is 2. The van der Waals surface area contributed by atoms with Crippen molar-refractivity contribution in [2.45, 2.75) is 19.9 Å². The van der Waals surface area contributed by atoms with Crippen LogP contribution in [0, 0.1) is 0 Å². The maximum Gasteiger partial charge on any atom is 0.260 e. The molecule has 0 bridgehead atoms. The normalized spacial score (nSPS) is 11.0. The van der Waals surface area contributed by atoms with Gasteiger partial charge in [-0.2, -0.15) is 0 Å². The Balaban J connectivity index is 2.61. The number of fused-ring (bicyclic) bond motifs is 1. The van der Waals surface area contributed by atoms with Gasteiger partial charge in [0.2, 0.25) is 5.95 Å². The predicted octanol–water partition coefficient (Wildman–Crippen LogP) is 2.40. The van der Waals surface area contributed by atoms with Gasteiger partial charge in [-0.15, -0.1) is 0 Å². The third-order valence-corrected chi connectivity index (χ3v) is 2.33. The highest BCUT2D eigenvalue weighted by atomic mass is 35.5. The van der Waals surface area contributed by atoms with Gasteiger partial charge in [0.1, 0.15) is 0 Å². The summed E-state index contributed by atoms with van der Waals surface area (Å²) in [6.45, 7) is 3.95. The van der Waals surface area contributed by atoms with Crippen LogP contribution in [-0.4, -0.2) is 16.0 Å². The summed E-state index contributed by atoms with van der Waals surface area (Å²) < 4.78 is 0. The van der Waals surface area contributed by atoms with Crippen LogP contribution in [0.25, 0.3) is 10.9 Å². The molecule has 0 saturated heterocycles. The highest BCUT2D eigenvalue weighted by molar-refractivity contribution is 6.31. The van der Waals surface area contributed by atoms with E-state index in [4.69, 9.17) is 11.6 Å². The van der Waals surface area contributed by atoms with Crippen LogP contribution < -0.4 is 10.9 Å². The largest absolute Gasteiger partial charge is 0.354 e. The number of aromatic nitrogens is 2. The summed E-state index contributed by atoms with van der Waals surface area (Å²) in [5.41, 5.74) is 0.434. The van der Waals surface area contributed by atoms with Gasteiger partial charge >= 0.3 is 0 Å². The number of hydrogen-bond acceptors (Lipinski definition) is 3. The first-order valence-electron chi connectivity index (χ1n) is 5.02. The Morgan fingerprint density at radius 3 is 2.88 bits per heavy atom. The van der Waals surface area contributed by atoms with E-state index in [9.17, 15) is 4.79 Å². The monoisotopic (exact) mass is 237 g/mol. The topological polar surface area (TPSA) is 57.8 Å². The molecule has 4 nitrogen and oxygen atoms in total. The van der Waals surface area contributed by atoms with E-state index in [-0.39, 0.29) is 11.6 Å². The minimum absolute atomic E-state index is 0.162. The van der Waals surface area contributed by atoms with E-state index < -0.39 is 0 Å². The smallest absolute Gasteiger partial charge is 0.260 e. The molecule has 2 aromatic rings. The number of benzene rings is 1. The number of H-pyrrole nitrogens is 1. The maximum atomic E-state index is 11.7. The van der Waals surface area contributed by atoms with Crippen LogP contribution in [0.4, 0.5) is 5.95 Å². The van der Waals surface area contributed by atoms with E-state index in [1.165, 1.54) is 0 Å². The van der Waals surface area contributed by atoms with E-state index in [2.05, 4.69) is 15.3 Å². The number of halogens is 1. The lowest BCUT2D eigenvalue weighted by atomic mass is 10.2. The molecule has 2 rings (SSSR count). The molecule has 5 heteroatoms. The van der Waals surface area contributed by atoms with Crippen molar-refractivity contribution in [3.63, 3.8) is 0 Å². The molecule has 0 aliphatic heterocycles. The van der Waals surface area contributed by atoms with Crippen molar-refractivity contribution < 1.29 is 0 Å². The molecule has 16 heavy (non-hydrogen) atoms. The minimum atomic E-state index is -0.162. The van der Waals surface area contributed by atoms with Gasteiger partial charge in [0, 0.05) is 11.1 Å². The average molecular weight is 238 g/mol. The summed E-state index contributed by atoms with van der Waals surface area (Å²) in [5, 5.41) is 4.16. The maximum absolute atomic E-state index is 11.7. The first-order chi connectivity index (χ1) is 7.56. The molecule has 0 aliphatic carbocycles. The molecule has 2 N–H and O–H groups in total. The summed E-state index contributed by atoms with van der Waals surface area (Å²) in [5.74, 6) is 0.467.